The lowest BCUT2D eigenvalue weighted by Crippen LogP contribution is -2.18. The first-order valence-electron chi connectivity index (χ1n) is 4.87. The molecule has 74 valence electrons. The minimum Gasteiger partial charge on any atom is -0.334 e. The van der Waals surface area contributed by atoms with E-state index in [2.05, 4.69) is 23.4 Å². The van der Waals surface area contributed by atoms with Gasteiger partial charge in [0.25, 0.3) is 0 Å². The highest BCUT2D eigenvalue weighted by Gasteiger charge is 2.06. The molecule has 1 atom stereocenters. The molecule has 0 aliphatic rings. The highest BCUT2D eigenvalue weighted by Crippen LogP contribution is 2.13. The van der Waals surface area contributed by atoms with Crippen molar-refractivity contribution in [3.05, 3.63) is 18.2 Å². The maximum atomic E-state index is 5.70. The molecule has 1 rings (SSSR count). The molecule has 1 aromatic heterocycles. The highest BCUT2D eigenvalue weighted by atomic mass is 15.0. The van der Waals surface area contributed by atoms with Crippen LogP contribution in [0.1, 0.15) is 38.8 Å². The summed E-state index contributed by atoms with van der Waals surface area (Å²) in [5.41, 5.74) is 6.99. The fourth-order valence-corrected chi connectivity index (χ4v) is 1.34. The van der Waals surface area contributed by atoms with E-state index < -0.39 is 0 Å². The topological polar surface area (TPSA) is 43.8 Å². The summed E-state index contributed by atoms with van der Waals surface area (Å²) in [6.45, 7) is 7.37. The number of imidazole rings is 1. The van der Waals surface area contributed by atoms with E-state index in [0.717, 1.165) is 13.0 Å². The zero-order valence-corrected chi connectivity index (χ0v) is 8.70. The molecule has 3 heteroatoms. The van der Waals surface area contributed by atoms with Crippen LogP contribution < -0.4 is 5.73 Å². The van der Waals surface area contributed by atoms with Gasteiger partial charge in [-0.05, 0) is 19.3 Å². The maximum absolute atomic E-state index is 5.70. The van der Waals surface area contributed by atoms with Crippen molar-refractivity contribution in [1.29, 1.82) is 0 Å². The second kappa shape index (κ2) is 4.42. The first-order chi connectivity index (χ1) is 6.11. The van der Waals surface area contributed by atoms with Gasteiger partial charge >= 0.3 is 0 Å². The van der Waals surface area contributed by atoms with Gasteiger partial charge in [-0.25, -0.2) is 4.98 Å². The standard InChI is InChI=1S/C10H19N3/c1-8(2)10-6-12-7-13(10)5-4-9(3)11/h6-9H,4-5,11H2,1-3H3. The molecule has 0 amide bonds. The third-order valence-corrected chi connectivity index (χ3v) is 2.16. The molecule has 1 heterocycles. The Kier molecular flexibility index (Phi) is 3.48. The van der Waals surface area contributed by atoms with E-state index in [4.69, 9.17) is 5.73 Å². The second-order valence-corrected chi connectivity index (χ2v) is 3.93. The van der Waals surface area contributed by atoms with Crippen LogP contribution in [0.5, 0.6) is 0 Å². The summed E-state index contributed by atoms with van der Waals surface area (Å²) < 4.78 is 2.19. The smallest absolute Gasteiger partial charge is 0.0948 e. The van der Waals surface area contributed by atoms with Gasteiger partial charge in [-0.15, -0.1) is 0 Å². The molecule has 1 aromatic rings. The van der Waals surface area contributed by atoms with Crippen molar-refractivity contribution >= 4 is 0 Å². The van der Waals surface area contributed by atoms with E-state index in [1.807, 2.05) is 19.4 Å². The molecule has 0 aliphatic carbocycles. The number of hydrogen-bond acceptors (Lipinski definition) is 2. The average molecular weight is 181 g/mol. The van der Waals surface area contributed by atoms with Crippen molar-refractivity contribution in [3.8, 4) is 0 Å². The molecule has 0 saturated heterocycles. The van der Waals surface area contributed by atoms with Gasteiger partial charge in [0.2, 0.25) is 0 Å². The van der Waals surface area contributed by atoms with E-state index >= 15 is 0 Å². The summed E-state index contributed by atoms with van der Waals surface area (Å²) in [4.78, 5) is 4.14. The average Bonchev–Trinajstić information content (AvgIpc) is 2.47. The molecule has 13 heavy (non-hydrogen) atoms. The maximum Gasteiger partial charge on any atom is 0.0948 e. The molecule has 1 unspecified atom stereocenters. The third-order valence-electron chi connectivity index (χ3n) is 2.16. The Labute approximate surface area is 80.0 Å². The molecule has 0 aliphatic heterocycles. The number of rotatable bonds is 4. The summed E-state index contributed by atoms with van der Waals surface area (Å²) in [6, 6.07) is 0.266. The van der Waals surface area contributed by atoms with Gasteiger partial charge in [0.15, 0.2) is 0 Å². The predicted molar refractivity (Wildman–Crippen MR) is 54.6 cm³/mol. The van der Waals surface area contributed by atoms with Crippen molar-refractivity contribution in [1.82, 2.24) is 9.55 Å². The van der Waals surface area contributed by atoms with Crippen LogP contribution in [0.15, 0.2) is 12.5 Å². The largest absolute Gasteiger partial charge is 0.334 e. The molecule has 0 spiro atoms. The van der Waals surface area contributed by atoms with Crippen LogP contribution in [0.2, 0.25) is 0 Å². The molecular weight excluding hydrogens is 162 g/mol. The van der Waals surface area contributed by atoms with Gasteiger partial charge in [0, 0.05) is 24.5 Å². The van der Waals surface area contributed by atoms with Gasteiger partial charge in [0.1, 0.15) is 0 Å². The van der Waals surface area contributed by atoms with E-state index in [9.17, 15) is 0 Å². The Morgan fingerprint density at radius 2 is 2.15 bits per heavy atom. The van der Waals surface area contributed by atoms with Gasteiger partial charge in [-0.2, -0.15) is 0 Å². The highest BCUT2D eigenvalue weighted by molar-refractivity contribution is 5.03. The van der Waals surface area contributed by atoms with Crippen molar-refractivity contribution < 1.29 is 0 Å². The lowest BCUT2D eigenvalue weighted by molar-refractivity contribution is 0.547. The minimum absolute atomic E-state index is 0.266. The lowest BCUT2D eigenvalue weighted by Gasteiger charge is -2.11. The van der Waals surface area contributed by atoms with Crippen molar-refractivity contribution in [2.24, 2.45) is 5.73 Å². The molecule has 0 bridgehead atoms. The zero-order valence-electron chi connectivity index (χ0n) is 8.70. The van der Waals surface area contributed by atoms with Gasteiger partial charge in [0.05, 0.1) is 6.33 Å². The number of aromatic nitrogens is 2. The van der Waals surface area contributed by atoms with Crippen LogP contribution in [-0.4, -0.2) is 15.6 Å². The Bertz CT molecular complexity index is 250. The Morgan fingerprint density at radius 3 is 2.69 bits per heavy atom. The third kappa shape index (κ3) is 2.84. The van der Waals surface area contributed by atoms with Crippen LogP contribution in [0, 0.1) is 0 Å². The molecular formula is C10H19N3. The van der Waals surface area contributed by atoms with Crippen molar-refractivity contribution in [2.75, 3.05) is 0 Å². The summed E-state index contributed by atoms with van der Waals surface area (Å²) in [5.74, 6) is 0.538. The summed E-state index contributed by atoms with van der Waals surface area (Å²) in [5, 5.41) is 0. The fraction of sp³-hybridized carbons (Fsp3) is 0.700. The first-order valence-corrected chi connectivity index (χ1v) is 4.87. The number of hydrogen-bond donors (Lipinski definition) is 1. The normalized spacial score (nSPS) is 13.6. The van der Waals surface area contributed by atoms with E-state index in [-0.39, 0.29) is 6.04 Å². The van der Waals surface area contributed by atoms with Gasteiger partial charge < -0.3 is 10.3 Å². The SMILES string of the molecule is CC(N)CCn1cncc1C(C)C. The predicted octanol–water partition coefficient (Wildman–Crippen LogP) is 1.74. The Hall–Kier alpha value is -0.830. The quantitative estimate of drug-likeness (QED) is 0.769. The molecule has 3 nitrogen and oxygen atoms in total. The number of aryl methyl sites for hydroxylation is 1. The fourth-order valence-electron chi connectivity index (χ4n) is 1.34. The first kappa shape index (κ1) is 10.3. The molecule has 0 fully saturated rings. The van der Waals surface area contributed by atoms with E-state index in [1.165, 1.54) is 5.69 Å². The van der Waals surface area contributed by atoms with E-state index in [0.29, 0.717) is 5.92 Å². The van der Waals surface area contributed by atoms with E-state index in [1.54, 1.807) is 0 Å². The summed E-state index contributed by atoms with van der Waals surface area (Å²) in [6.07, 6.45) is 4.83. The van der Waals surface area contributed by atoms with Crippen molar-refractivity contribution in [2.45, 2.75) is 45.7 Å². The number of nitrogens with two attached hydrogens (primary N) is 1. The van der Waals surface area contributed by atoms with Gasteiger partial charge in [-0.3, -0.25) is 0 Å². The minimum atomic E-state index is 0.266. The van der Waals surface area contributed by atoms with Gasteiger partial charge in [-0.1, -0.05) is 13.8 Å². The Morgan fingerprint density at radius 1 is 1.46 bits per heavy atom. The monoisotopic (exact) mass is 181 g/mol. The second-order valence-electron chi connectivity index (χ2n) is 3.93. The molecule has 0 saturated carbocycles. The van der Waals surface area contributed by atoms with Crippen LogP contribution in [0.25, 0.3) is 0 Å². The zero-order chi connectivity index (χ0) is 9.84. The van der Waals surface area contributed by atoms with Crippen LogP contribution in [-0.2, 0) is 6.54 Å². The van der Waals surface area contributed by atoms with Crippen molar-refractivity contribution in [3.63, 3.8) is 0 Å². The van der Waals surface area contributed by atoms with Crippen LogP contribution in [0.4, 0.5) is 0 Å². The summed E-state index contributed by atoms with van der Waals surface area (Å²) >= 11 is 0. The summed E-state index contributed by atoms with van der Waals surface area (Å²) in [7, 11) is 0. The number of nitrogens with zero attached hydrogens (tertiary/aromatic N) is 2. The van der Waals surface area contributed by atoms with Crippen LogP contribution in [0.3, 0.4) is 0 Å². The Balaban J connectivity index is 2.60. The molecule has 2 N–H and O–H groups in total. The van der Waals surface area contributed by atoms with Crippen LogP contribution >= 0.6 is 0 Å². The lowest BCUT2D eigenvalue weighted by atomic mass is 10.1. The molecule has 0 radical (unpaired) electrons. The molecule has 0 aromatic carbocycles.